The first-order chi connectivity index (χ1) is 9.13. The van der Waals surface area contributed by atoms with Crippen molar-refractivity contribution in [2.45, 2.75) is 20.8 Å². The molecule has 104 valence electrons. The third-order valence-electron chi connectivity index (χ3n) is 3.35. The zero-order valence-electron chi connectivity index (χ0n) is 11.9. The van der Waals surface area contributed by atoms with Crippen LogP contribution in [0.3, 0.4) is 0 Å². The van der Waals surface area contributed by atoms with Crippen LogP contribution in [0.2, 0.25) is 0 Å². The van der Waals surface area contributed by atoms with E-state index in [1.165, 1.54) is 0 Å². The number of hydrogen-bond acceptors (Lipinski definition) is 3. The smallest absolute Gasteiger partial charge is 0.254 e. The van der Waals surface area contributed by atoms with Gasteiger partial charge in [-0.05, 0) is 44.0 Å². The fourth-order valence-corrected chi connectivity index (χ4v) is 2.27. The lowest BCUT2D eigenvalue weighted by atomic mass is 10.0. The molecule has 1 heterocycles. The second-order valence-corrected chi connectivity index (χ2v) is 4.77. The van der Waals surface area contributed by atoms with Crippen LogP contribution in [-0.4, -0.2) is 43.7 Å². The Balaban J connectivity index is 2.24. The van der Waals surface area contributed by atoms with Crippen molar-refractivity contribution < 1.29 is 14.3 Å². The van der Waals surface area contributed by atoms with Crippen molar-refractivity contribution in [3.05, 3.63) is 28.8 Å². The summed E-state index contributed by atoms with van der Waals surface area (Å²) in [5.74, 6) is 0.950. The summed E-state index contributed by atoms with van der Waals surface area (Å²) in [6.07, 6.45) is 0. The maximum Gasteiger partial charge on any atom is 0.254 e. The summed E-state index contributed by atoms with van der Waals surface area (Å²) in [5, 5.41) is 0. The van der Waals surface area contributed by atoms with Gasteiger partial charge in [0, 0.05) is 18.7 Å². The van der Waals surface area contributed by atoms with Gasteiger partial charge in [-0.25, -0.2) is 0 Å². The number of carbonyl (C=O) groups excluding carboxylic acids is 1. The van der Waals surface area contributed by atoms with E-state index >= 15 is 0 Å². The van der Waals surface area contributed by atoms with E-state index in [1.807, 2.05) is 37.8 Å². The van der Waals surface area contributed by atoms with Crippen molar-refractivity contribution in [2.24, 2.45) is 0 Å². The Morgan fingerprint density at radius 1 is 1.26 bits per heavy atom. The molecule has 0 unspecified atom stereocenters. The predicted octanol–water partition coefficient (Wildman–Crippen LogP) is 2.17. The standard InChI is InChI=1S/C15H21NO3/c1-4-19-14-10-11(2)13(9-12(14)3)15(17)16-5-7-18-8-6-16/h9-10H,4-8H2,1-3H3. The number of hydrogen-bond donors (Lipinski definition) is 0. The van der Waals surface area contributed by atoms with Crippen LogP contribution < -0.4 is 4.74 Å². The third kappa shape index (κ3) is 3.07. The molecule has 2 rings (SSSR count). The third-order valence-corrected chi connectivity index (χ3v) is 3.35. The van der Waals surface area contributed by atoms with Crippen molar-refractivity contribution in [1.82, 2.24) is 4.90 Å². The maximum absolute atomic E-state index is 12.5. The highest BCUT2D eigenvalue weighted by Crippen LogP contribution is 2.24. The number of aryl methyl sites for hydroxylation is 2. The highest BCUT2D eigenvalue weighted by Gasteiger charge is 2.20. The molecule has 19 heavy (non-hydrogen) atoms. The van der Waals surface area contributed by atoms with E-state index in [0.717, 1.165) is 22.4 Å². The molecule has 1 aromatic carbocycles. The maximum atomic E-state index is 12.5. The zero-order chi connectivity index (χ0) is 13.8. The number of morpholine rings is 1. The first-order valence-electron chi connectivity index (χ1n) is 6.74. The minimum atomic E-state index is 0.0898. The molecule has 0 aliphatic carbocycles. The summed E-state index contributed by atoms with van der Waals surface area (Å²) in [6, 6.07) is 3.88. The zero-order valence-corrected chi connectivity index (χ0v) is 11.9. The number of amides is 1. The first kappa shape index (κ1) is 13.9. The normalized spacial score (nSPS) is 15.4. The molecule has 1 saturated heterocycles. The van der Waals surface area contributed by atoms with E-state index in [9.17, 15) is 4.79 Å². The van der Waals surface area contributed by atoms with Crippen molar-refractivity contribution in [3.63, 3.8) is 0 Å². The second-order valence-electron chi connectivity index (χ2n) is 4.77. The monoisotopic (exact) mass is 263 g/mol. The Kier molecular flexibility index (Phi) is 4.43. The van der Waals surface area contributed by atoms with Gasteiger partial charge in [-0.2, -0.15) is 0 Å². The lowest BCUT2D eigenvalue weighted by molar-refractivity contribution is 0.0302. The number of rotatable bonds is 3. The summed E-state index contributed by atoms with van der Waals surface area (Å²) < 4.78 is 10.8. The van der Waals surface area contributed by atoms with Gasteiger partial charge in [-0.3, -0.25) is 4.79 Å². The molecule has 0 atom stereocenters. The van der Waals surface area contributed by atoms with E-state index in [0.29, 0.717) is 32.9 Å². The van der Waals surface area contributed by atoms with Crippen molar-refractivity contribution in [2.75, 3.05) is 32.9 Å². The SMILES string of the molecule is CCOc1cc(C)c(C(=O)N2CCOCC2)cc1C. The predicted molar refractivity (Wildman–Crippen MR) is 73.8 cm³/mol. The summed E-state index contributed by atoms with van der Waals surface area (Å²) in [7, 11) is 0. The Bertz CT molecular complexity index is 465. The van der Waals surface area contributed by atoms with Crippen molar-refractivity contribution in [1.29, 1.82) is 0 Å². The Morgan fingerprint density at radius 2 is 1.95 bits per heavy atom. The van der Waals surface area contributed by atoms with Crippen LogP contribution in [0.1, 0.15) is 28.4 Å². The summed E-state index contributed by atoms with van der Waals surface area (Å²) in [6.45, 7) is 9.12. The van der Waals surface area contributed by atoms with Gasteiger partial charge in [0.15, 0.2) is 0 Å². The van der Waals surface area contributed by atoms with Crippen LogP contribution in [0.5, 0.6) is 5.75 Å². The molecule has 4 nitrogen and oxygen atoms in total. The molecule has 1 fully saturated rings. The van der Waals surface area contributed by atoms with E-state index in [1.54, 1.807) is 0 Å². The molecule has 1 aliphatic rings. The highest BCUT2D eigenvalue weighted by atomic mass is 16.5. The van der Waals surface area contributed by atoms with Crippen molar-refractivity contribution in [3.8, 4) is 5.75 Å². The van der Waals surface area contributed by atoms with Crippen LogP contribution in [0.15, 0.2) is 12.1 Å². The van der Waals surface area contributed by atoms with Gasteiger partial charge >= 0.3 is 0 Å². The quantitative estimate of drug-likeness (QED) is 0.839. The Labute approximate surface area is 114 Å². The second kappa shape index (κ2) is 6.06. The molecular formula is C15H21NO3. The summed E-state index contributed by atoms with van der Waals surface area (Å²) >= 11 is 0. The molecule has 0 bridgehead atoms. The summed E-state index contributed by atoms with van der Waals surface area (Å²) in [4.78, 5) is 14.3. The Hall–Kier alpha value is -1.55. The van der Waals surface area contributed by atoms with Crippen LogP contribution in [0, 0.1) is 13.8 Å². The van der Waals surface area contributed by atoms with Crippen LogP contribution in [0.4, 0.5) is 0 Å². The summed E-state index contributed by atoms with van der Waals surface area (Å²) in [5.41, 5.74) is 2.73. The van der Waals surface area contributed by atoms with Gasteiger partial charge in [-0.15, -0.1) is 0 Å². The molecule has 4 heteroatoms. The fraction of sp³-hybridized carbons (Fsp3) is 0.533. The molecular weight excluding hydrogens is 242 g/mol. The molecule has 0 radical (unpaired) electrons. The molecule has 1 aliphatic heterocycles. The molecule has 0 saturated carbocycles. The molecule has 0 spiro atoms. The van der Waals surface area contributed by atoms with Gasteiger partial charge in [0.1, 0.15) is 5.75 Å². The van der Waals surface area contributed by atoms with Gasteiger partial charge < -0.3 is 14.4 Å². The highest BCUT2D eigenvalue weighted by molar-refractivity contribution is 5.96. The first-order valence-corrected chi connectivity index (χ1v) is 6.74. The molecule has 0 aromatic heterocycles. The van der Waals surface area contributed by atoms with Gasteiger partial charge in [0.05, 0.1) is 19.8 Å². The van der Waals surface area contributed by atoms with Gasteiger partial charge in [0.2, 0.25) is 0 Å². The number of ether oxygens (including phenoxy) is 2. The molecule has 1 aromatic rings. The van der Waals surface area contributed by atoms with Crippen LogP contribution in [0.25, 0.3) is 0 Å². The van der Waals surface area contributed by atoms with Gasteiger partial charge in [-0.1, -0.05) is 0 Å². The molecule has 0 N–H and O–H groups in total. The minimum absolute atomic E-state index is 0.0898. The van der Waals surface area contributed by atoms with E-state index in [-0.39, 0.29) is 5.91 Å². The van der Waals surface area contributed by atoms with E-state index in [2.05, 4.69) is 0 Å². The van der Waals surface area contributed by atoms with Gasteiger partial charge in [0.25, 0.3) is 5.91 Å². The van der Waals surface area contributed by atoms with Crippen LogP contribution in [-0.2, 0) is 4.74 Å². The van der Waals surface area contributed by atoms with E-state index < -0.39 is 0 Å². The largest absolute Gasteiger partial charge is 0.494 e. The lowest BCUT2D eigenvalue weighted by Gasteiger charge is -2.27. The average Bonchev–Trinajstić information content (AvgIpc) is 2.43. The van der Waals surface area contributed by atoms with Crippen molar-refractivity contribution >= 4 is 5.91 Å². The number of nitrogens with zero attached hydrogens (tertiary/aromatic N) is 1. The number of carbonyl (C=O) groups is 1. The Morgan fingerprint density at radius 3 is 2.58 bits per heavy atom. The lowest BCUT2D eigenvalue weighted by Crippen LogP contribution is -2.41. The van der Waals surface area contributed by atoms with E-state index in [4.69, 9.17) is 9.47 Å². The number of benzene rings is 1. The molecule has 1 amide bonds. The van der Waals surface area contributed by atoms with Crippen LogP contribution >= 0.6 is 0 Å². The fourth-order valence-electron chi connectivity index (χ4n) is 2.27. The minimum Gasteiger partial charge on any atom is -0.494 e. The average molecular weight is 263 g/mol. The topological polar surface area (TPSA) is 38.8 Å².